The van der Waals surface area contributed by atoms with E-state index in [-0.39, 0.29) is 54.5 Å². The molecule has 0 saturated heterocycles. The van der Waals surface area contributed by atoms with Crippen molar-refractivity contribution in [3.8, 4) is 0 Å². The predicted molar refractivity (Wildman–Crippen MR) is 146 cm³/mol. The van der Waals surface area contributed by atoms with E-state index in [4.69, 9.17) is 11.5 Å². The van der Waals surface area contributed by atoms with Crippen LogP contribution in [0.15, 0.2) is 41.8 Å². The number of hydrogen-bond donors (Lipinski definition) is 7. The molecule has 6 atom stereocenters. The van der Waals surface area contributed by atoms with E-state index in [1.165, 1.54) is 6.33 Å². The summed E-state index contributed by atoms with van der Waals surface area (Å²) in [6.45, 7) is 9.48. The van der Waals surface area contributed by atoms with E-state index in [0.29, 0.717) is 40.9 Å². The number of anilines is 2. The zero-order valence-electron chi connectivity index (χ0n) is 21.8. The number of aliphatic hydroxyl groups is 4. The van der Waals surface area contributed by atoms with Crippen LogP contribution in [0.3, 0.4) is 0 Å². The molecule has 4 aromatic heterocycles. The summed E-state index contributed by atoms with van der Waals surface area (Å²) in [7, 11) is 0. The first-order valence-electron chi connectivity index (χ1n) is 12.7. The Labute approximate surface area is 227 Å². The highest BCUT2D eigenvalue weighted by Crippen LogP contribution is 2.41. The zero-order valence-corrected chi connectivity index (χ0v) is 21.8. The van der Waals surface area contributed by atoms with Crippen molar-refractivity contribution in [2.24, 2.45) is 11.8 Å². The molecule has 0 aromatic carbocycles. The summed E-state index contributed by atoms with van der Waals surface area (Å²) in [6, 6.07) is -0.401. The van der Waals surface area contributed by atoms with Gasteiger partial charge in [-0.15, -0.1) is 0 Å². The minimum atomic E-state index is -0.672. The van der Waals surface area contributed by atoms with Crippen molar-refractivity contribution in [3.63, 3.8) is 0 Å². The van der Waals surface area contributed by atoms with Crippen molar-refractivity contribution in [2.45, 2.75) is 44.1 Å². The van der Waals surface area contributed by atoms with E-state index < -0.39 is 17.8 Å². The van der Waals surface area contributed by atoms with Crippen LogP contribution in [0.5, 0.6) is 0 Å². The normalized spacial score (nSPS) is 26.5. The molecule has 0 aliphatic heterocycles. The zero-order chi connectivity index (χ0) is 28.9. The minimum absolute atomic E-state index is 0.00659. The molecule has 0 amide bonds. The van der Waals surface area contributed by atoms with Gasteiger partial charge >= 0.3 is 0 Å². The number of hydrogen-bond acceptors (Lipinski definition) is 12. The van der Waals surface area contributed by atoms with Gasteiger partial charge in [-0.25, -0.2) is 15.0 Å². The van der Waals surface area contributed by atoms with Crippen LogP contribution in [0.25, 0.3) is 22.3 Å². The summed E-state index contributed by atoms with van der Waals surface area (Å²) in [6.07, 6.45) is 2.75. The number of aromatic nitrogens is 8. The number of nitrogens with two attached hydrogens (primary N) is 2. The molecule has 9 N–H and O–H groups in total. The van der Waals surface area contributed by atoms with Crippen LogP contribution in [0.2, 0.25) is 0 Å². The van der Waals surface area contributed by atoms with Crippen LogP contribution in [0.4, 0.5) is 11.9 Å². The highest BCUT2D eigenvalue weighted by molar-refractivity contribution is 5.74. The first-order valence-corrected chi connectivity index (χ1v) is 12.7. The van der Waals surface area contributed by atoms with Crippen molar-refractivity contribution in [1.29, 1.82) is 0 Å². The fraction of sp³-hybridized carbons (Fsp3) is 0.440. The van der Waals surface area contributed by atoms with Gasteiger partial charge in [0.2, 0.25) is 11.9 Å². The number of aryl methyl sites for hydroxylation is 1. The van der Waals surface area contributed by atoms with E-state index >= 15 is 0 Å². The largest absolute Gasteiger partial charge is 0.396 e. The van der Waals surface area contributed by atoms with Crippen LogP contribution >= 0.6 is 0 Å². The average molecular weight is 553 g/mol. The van der Waals surface area contributed by atoms with Crippen molar-refractivity contribution in [3.05, 3.63) is 53.0 Å². The maximum atomic E-state index is 11.7. The number of rotatable bonds is 4. The molecule has 4 aromatic rings. The second kappa shape index (κ2) is 10.4. The van der Waals surface area contributed by atoms with Crippen LogP contribution in [-0.4, -0.2) is 84.9 Å². The van der Waals surface area contributed by atoms with Gasteiger partial charge in [0.25, 0.3) is 5.56 Å². The Hall–Kier alpha value is -4.18. The van der Waals surface area contributed by atoms with E-state index in [9.17, 15) is 25.2 Å². The van der Waals surface area contributed by atoms with Gasteiger partial charge in [0.15, 0.2) is 16.8 Å². The molecular formula is C25H32N10O5. The molecule has 15 heteroatoms. The Bertz CT molecular complexity index is 1660. The summed E-state index contributed by atoms with van der Waals surface area (Å²) >= 11 is 0. The second-order valence-corrected chi connectivity index (χ2v) is 10.1. The molecule has 0 bridgehead atoms. The van der Waals surface area contributed by atoms with Gasteiger partial charge in [-0.05, 0) is 30.9 Å². The summed E-state index contributed by atoms with van der Waals surface area (Å²) < 4.78 is 3.52. The number of imidazole rings is 2. The van der Waals surface area contributed by atoms with Crippen LogP contribution in [0.1, 0.15) is 30.6 Å². The van der Waals surface area contributed by atoms with E-state index in [2.05, 4.69) is 43.1 Å². The molecule has 2 saturated carbocycles. The summed E-state index contributed by atoms with van der Waals surface area (Å²) in [5, 5.41) is 38.6. The summed E-state index contributed by atoms with van der Waals surface area (Å²) in [4.78, 5) is 34.9. The van der Waals surface area contributed by atoms with Gasteiger partial charge in [-0.2, -0.15) is 9.97 Å². The number of H-pyrrole nitrogens is 1. The topological polar surface area (TPSA) is 240 Å². The molecule has 0 radical (unpaired) electrons. The first kappa shape index (κ1) is 27.4. The highest BCUT2D eigenvalue weighted by atomic mass is 16.3. The third-order valence-electron chi connectivity index (χ3n) is 7.80. The lowest BCUT2D eigenvalue weighted by Gasteiger charge is -2.15. The molecule has 0 spiro atoms. The third-order valence-corrected chi connectivity index (χ3v) is 7.80. The molecule has 2 fully saturated rings. The molecular weight excluding hydrogens is 520 g/mol. The smallest absolute Gasteiger partial charge is 0.280 e. The van der Waals surface area contributed by atoms with Gasteiger partial charge < -0.3 is 41.0 Å². The Morgan fingerprint density at radius 2 is 1.40 bits per heavy atom. The number of nitrogens with zero attached hydrogens (tertiary/aromatic N) is 7. The quantitative estimate of drug-likeness (QED) is 0.156. The molecule has 2 aliphatic rings. The van der Waals surface area contributed by atoms with Gasteiger partial charge in [-0.1, -0.05) is 13.2 Å². The average Bonchev–Trinajstić information content (AvgIpc) is 3.63. The first-order chi connectivity index (χ1) is 19.0. The Kier molecular flexibility index (Phi) is 7.14. The minimum Gasteiger partial charge on any atom is -0.396 e. The van der Waals surface area contributed by atoms with Crippen molar-refractivity contribution in [2.75, 3.05) is 24.7 Å². The lowest BCUT2D eigenvalue weighted by atomic mass is 10.0. The maximum Gasteiger partial charge on any atom is 0.280 e. The van der Waals surface area contributed by atoms with Crippen LogP contribution in [0, 0.1) is 18.8 Å². The fourth-order valence-corrected chi connectivity index (χ4v) is 5.62. The Balaban J connectivity index is 0.000000161. The van der Waals surface area contributed by atoms with Gasteiger partial charge in [0, 0.05) is 11.8 Å². The van der Waals surface area contributed by atoms with Gasteiger partial charge in [0.1, 0.15) is 5.52 Å². The van der Waals surface area contributed by atoms with E-state index in [1.807, 2.05) is 11.5 Å². The monoisotopic (exact) mass is 552 g/mol. The molecule has 0 unspecified atom stereocenters. The van der Waals surface area contributed by atoms with E-state index in [1.54, 1.807) is 10.9 Å². The number of aliphatic hydroxyl groups excluding tert-OH is 4. The predicted octanol–water partition coefficient (Wildman–Crippen LogP) is -0.640. The SMILES string of the molecule is C=C1[C@H](CO)[C@@H](O)C[C@@H]1n1cnc2c(=O)[nH]c(N)nc21.C=C1[C@H](CO)[C@@H](O)C[C@@H]1n1cnc2c(C)nc(N)nc21. The van der Waals surface area contributed by atoms with Crippen molar-refractivity contribution < 1.29 is 20.4 Å². The van der Waals surface area contributed by atoms with Crippen LogP contribution in [-0.2, 0) is 0 Å². The Morgan fingerprint density at radius 3 is 1.90 bits per heavy atom. The van der Waals surface area contributed by atoms with E-state index in [0.717, 1.165) is 5.57 Å². The Morgan fingerprint density at radius 1 is 0.900 bits per heavy atom. The van der Waals surface area contributed by atoms with Crippen molar-refractivity contribution >= 4 is 34.2 Å². The molecule has 2 aliphatic carbocycles. The number of fused-ring (bicyclic) bond motifs is 2. The third kappa shape index (κ3) is 4.52. The molecule has 40 heavy (non-hydrogen) atoms. The number of aromatic amines is 1. The number of nitrogens with one attached hydrogen (secondary N) is 1. The second-order valence-electron chi connectivity index (χ2n) is 10.1. The van der Waals surface area contributed by atoms with Crippen molar-refractivity contribution in [1.82, 2.24) is 39.0 Å². The molecule has 4 heterocycles. The highest BCUT2D eigenvalue weighted by Gasteiger charge is 2.39. The summed E-state index contributed by atoms with van der Waals surface area (Å²) in [5.41, 5.74) is 14.9. The van der Waals surface area contributed by atoms with Gasteiger partial charge in [0.05, 0.1) is 55.9 Å². The fourth-order valence-electron chi connectivity index (χ4n) is 5.62. The standard InChI is InChI=1S/C13H17N5O2.C12H15N5O3/c1-6-8(4-19)10(20)3-9(6)18-5-15-11-7(2)16-13(14)17-12(11)18;1-5-6(3-18)8(19)2-7(5)17-4-14-9-10(17)15-12(13)16-11(9)20/h5,8-10,19-20H,1,3-4H2,2H3,(H2,14,16,17);4,6-8,18-19H,1-3H2,(H3,13,15,16,20)/t8-,9-,10-;6-,7-,8-/m00/s1. The molecule has 212 valence electrons. The lowest BCUT2D eigenvalue weighted by Crippen LogP contribution is -2.17. The van der Waals surface area contributed by atoms with Crippen LogP contribution < -0.4 is 17.0 Å². The lowest BCUT2D eigenvalue weighted by molar-refractivity contribution is 0.101. The number of nitrogen functional groups attached to an aromatic ring is 2. The molecule has 15 nitrogen and oxygen atoms in total. The molecule has 6 rings (SSSR count). The van der Waals surface area contributed by atoms with Gasteiger partial charge in [-0.3, -0.25) is 9.78 Å². The maximum absolute atomic E-state index is 11.7. The summed E-state index contributed by atoms with van der Waals surface area (Å²) in [5.74, 6) is -0.485.